The molecule has 0 atom stereocenters. The number of aromatic nitrogens is 3. The van der Waals surface area contributed by atoms with E-state index in [-0.39, 0.29) is 0 Å². The number of aryl methyl sites for hydroxylation is 3. The van der Waals surface area contributed by atoms with Crippen molar-refractivity contribution in [1.82, 2.24) is 14.8 Å². The fraction of sp³-hybridized carbons (Fsp3) is 0.455. The minimum atomic E-state index is 1.08. The molecule has 0 bridgehead atoms. The van der Waals surface area contributed by atoms with Crippen LogP contribution < -0.4 is 0 Å². The first-order valence-electron chi connectivity index (χ1n) is 4.94. The second kappa shape index (κ2) is 4.22. The highest BCUT2D eigenvalue weighted by atomic mass is 15.3. The molecule has 2 aromatic heterocycles. The lowest BCUT2D eigenvalue weighted by Gasteiger charge is -1.95. The summed E-state index contributed by atoms with van der Waals surface area (Å²) in [6.07, 6.45) is 3.72. The topological polar surface area (TPSA) is 30.7 Å². The lowest BCUT2D eigenvalue weighted by atomic mass is 10.2. The smallest absolute Gasteiger partial charge is 0.0867 e. The molecule has 0 aromatic carbocycles. The van der Waals surface area contributed by atoms with Crippen molar-refractivity contribution in [2.24, 2.45) is 7.05 Å². The third-order valence-electron chi connectivity index (χ3n) is 2.13. The van der Waals surface area contributed by atoms with Crippen molar-refractivity contribution in [3.8, 4) is 0 Å². The van der Waals surface area contributed by atoms with Crippen molar-refractivity contribution in [2.75, 3.05) is 0 Å². The van der Waals surface area contributed by atoms with Gasteiger partial charge in [0.25, 0.3) is 0 Å². The highest BCUT2D eigenvalue weighted by Gasteiger charge is 2.05. The van der Waals surface area contributed by atoms with Gasteiger partial charge in [-0.3, -0.25) is 9.67 Å². The maximum absolute atomic E-state index is 4.33. The molecule has 2 heterocycles. The Morgan fingerprint density at radius 3 is 2.36 bits per heavy atom. The summed E-state index contributed by atoms with van der Waals surface area (Å²) in [5, 5.41) is 5.56. The van der Waals surface area contributed by atoms with Crippen LogP contribution in [0.5, 0.6) is 0 Å². The summed E-state index contributed by atoms with van der Waals surface area (Å²) >= 11 is 0. The van der Waals surface area contributed by atoms with E-state index >= 15 is 0 Å². The molecule has 0 radical (unpaired) electrons. The molecule has 0 saturated heterocycles. The molecule has 76 valence electrons. The molecular formula is C11H17N3. The van der Waals surface area contributed by atoms with E-state index in [1.165, 1.54) is 10.9 Å². The minimum absolute atomic E-state index is 1.08. The fourth-order valence-electron chi connectivity index (χ4n) is 1.60. The summed E-state index contributed by atoms with van der Waals surface area (Å²) in [6, 6.07) is 0. The first kappa shape index (κ1) is 10.7. The van der Waals surface area contributed by atoms with Crippen LogP contribution >= 0.6 is 0 Å². The molecule has 0 aliphatic rings. The average molecular weight is 191 g/mol. The quantitative estimate of drug-likeness (QED) is 0.641. The van der Waals surface area contributed by atoms with Crippen molar-refractivity contribution in [3.05, 3.63) is 23.7 Å². The number of hydrogen-bond acceptors (Lipinski definition) is 2. The van der Waals surface area contributed by atoms with E-state index in [0.29, 0.717) is 0 Å². The van der Waals surface area contributed by atoms with Crippen molar-refractivity contribution in [2.45, 2.75) is 27.7 Å². The molecule has 0 spiro atoms. The fourth-order valence-corrected chi connectivity index (χ4v) is 1.60. The highest BCUT2D eigenvalue weighted by molar-refractivity contribution is 5.83. The van der Waals surface area contributed by atoms with Crippen LogP contribution in [-0.2, 0) is 7.05 Å². The van der Waals surface area contributed by atoms with Crippen LogP contribution in [-0.4, -0.2) is 14.8 Å². The van der Waals surface area contributed by atoms with Crippen molar-refractivity contribution in [1.29, 1.82) is 0 Å². The first-order chi connectivity index (χ1) is 6.70. The molecule has 2 aromatic rings. The Kier molecular flexibility index (Phi) is 3.23. The molecule has 14 heavy (non-hydrogen) atoms. The third-order valence-corrected chi connectivity index (χ3v) is 2.13. The molecule has 0 aliphatic carbocycles. The maximum atomic E-state index is 4.33. The Morgan fingerprint density at radius 1 is 1.14 bits per heavy atom. The van der Waals surface area contributed by atoms with Crippen LogP contribution in [0.15, 0.2) is 12.4 Å². The lowest BCUT2D eigenvalue weighted by Crippen LogP contribution is -1.89. The third kappa shape index (κ3) is 1.62. The number of hydrogen-bond donors (Lipinski definition) is 0. The first-order valence-corrected chi connectivity index (χ1v) is 4.94. The van der Waals surface area contributed by atoms with E-state index in [4.69, 9.17) is 0 Å². The van der Waals surface area contributed by atoms with Crippen molar-refractivity contribution in [3.63, 3.8) is 0 Å². The average Bonchev–Trinajstić information content (AvgIpc) is 2.47. The van der Waals surface area contributed by atoms with Gasteiger partial charge in [0.1, 0.15) is 0 Å². The van der Waals surface area contributed by atoms with Gasteiger partial charge in [-0.15, -0.1) is 0 Å². The summed E-state index contributed by atoms with van der Waals surface area (Å²) in [5.41, 5.74) is 3.37. The Morgan fingerprint density at radius 2 is 1.79 bits per heavy atom. The summed E-state index contributed by atoms with van der Waals surface area (Å²) in [5.74, 6) is 0. The summed E-state index contributed by atoms with van der Waals surface area (Å²) in [6.45, 7) is 8.08. The van der Waals surface area contributed by atoms with Gasteiger partial charge in [0, 0.05) is 18.6 Å². The van der Waals surface area contributed by atoms with Gasteiger partial charge in [0.05, 0.1) is 17.4 Å². The maximum Gasteiger partial charge on any atom is 0.0867 e. The van der Waals surface area contributed by atoms with Gasteiger partial charge < -0.3 is 0 Å². The Bertz CT molecular complexity index is 429. The van der Waals surface area contributed by atoms with Gasteiger partial charge in [0.15, 0.2) is 0 Å². The Balaban J connectivity index is 0.000000461. The van der Waals surface area contributed by atoms with E-state index in [0.717, 1.165) is 11.2 Å². The van der Waals surface area contributed by atoms with Crippen LogP contribution in [0.2, 0.25) is 0 Å². The Hall–Kier alpha value is -1.38. The molecule has 3 nitrogen and oxygen atoms in total. The molecule has 0 saturated carbocycles. The van der Waals surface area contributed by atoms with Crippen LogP contribution in [0, 0.1) is 13.8 Å². The zero-order chi connectivity index (χ0) is 10.7. The second-order valence-electron chi connectivity index (χ2n) is 3.06. The van der Waals surface area contributed by atoms with E-state index in [1.807, 2.05) is 44.9 Å². The van der Waals surface area contributed by atoms with Gasteiger partial charge in [0.2, 0.25) is 0 Å². The van der Waals surface area contributed by atoms with E-state index < -0.39 is 0 Å². The summed E-state index contributed by atoms with van der Waals surface area (Å²) in [4.78, 5) is 4.13. The normalized spacial score (nSPS) is 9.79. The van der Waals surface area contributed by atoms with Crippen LogP contribution in [0.1, 0.15) is 25.1 Å². The number of fused-ring (bicyclic) bond motifs is 1. The zero-order valence-corrected chi connectivity index (χ0v) is 9.50. The molecule has 2 rings (SSSR count). The van der Waals surface area contributed by atoms with E-state index in [1.54, 1.807) is 0 Å². The highest BCUT2D eigenvalue weighted by Crippen LogP contribution is 2.19. The lowest BCUT2D eigenvalue weighted by molar-refractivity contribution is 0.782. The van der Waals surface area contributed by atoms with E-state index in [2.05, 4.69) is 17.0 Å². The van der Waals surface area contributed by atoms with Crippen LogP contribution in [0.4, 0.5) is 0 Å². The molecule has 3 heteroatoms. The molecule has 0 unspecified atom stereocenters. The number of nitrogens with zero attached hydrogens (tertiary/aromatic N) is 3. The number of rotatable bonds is 0. The molecule has 0 N–H and O–H groups in total. The molecule has 0 amide bonds. The molecule has 0 fully saturated rings. The molecular weight excluding hydrogens is 174 g/mol. The predicted molar refractivity (Wildman–Crippen MR) is 59.3 cm³/mol. The van der Waals surface area contributed by atoms with Crippen LogP contribution in [0.3, 0.4) is 0 Å². The SMILES string of the molecule is CC.Cc1cncc2c1c(C)nn2C. The Labute approximate surface area is 84.8 Å². The molecule has 0 aliphatic heterocycles. The van der Waals surface area contributed by atoms with E-state index in [9.17, 15) is 0 Å². The van der Waals surface area contributed by atoms with Gasteiger partial charge >= 0.3 is 0 Å². The minimum Gasteiger partial charge on any atom is -0.266 e. The second-order valence-corrected chi connectivity index (χ2v) is 3.06. The van der Waals surface area contributed by atoms with Crippen molar-refractivity contribution >= 4 is 10.9 Å². The van der Waals surface area contributed by atoms with Gasteiger partial charge in [-0.25, -0.2) is 0 Å². The number of pyridine rings is 1. The predicted octanol–water partition coefficient (Wildman–Crippen LogP) is 2.61. The van der Waals surface area contributed by atoms with Gasteiger partial charge in [-0.1, -0.05) is 13.8 Å². The van der Waals surface area contributed by atoms with Crippen LogP contribution in [0.25, 0.3) is 10.9 Å². The monoisotopic (exact) mass is 191 g/mol. The summed E-state index contributed by atoms with van der Waals surface area (Å²) < 4.78 is 1.87. The largest absolute Gasteiger partial charge is 0.266 e. The van der Waals surface area contributed by atoms with Gasteiger partial charge in [-0.05, 0) is 19.4 Å². The van der Waals surface area contributed by atoms with Crippen molar-refractivity contribution < 1.29 is 0 Å². The zero-order valence-electron chi connectivity index (χ0n) is 9.50. The standard InChI is InChI=1S/C9H11N3.C2H6/c1-6-4-10-5-8-9(6)7(2)11-12(8)3;1-2/h4-5H,1-3H3;1-2H3. The summed E-state index contributed by atoms with van der Waals surface area (Å²) in [7, 11) is 1.94. The van der Waals surface area contributed by atoms with Gasteiger partial charge in [-0.2, -0.15) is 5.10 Å².